The number of nitro groups is 1. The van der Waals surface area contributed by atoms with Crippen molar-refractivity contribution in [3.05, 3.63) is 75.2 Å². The Morgan fingerprint density at radius 2 is 1.93 bits per heavy atom. The highest BCUT2D eigenvalue weighted by Crippen LogP contribution is 2.31. The smallest absolute Gasteiger partial charge is 0.313 e. The van der Waals surface area contributed by atoms with E-state index in [-0.39, 0.29) is 36.1 Å². The first kappa shape index (κ1) is 21.5. The molecule has 1 heterocycles. The Balaban J connectivity index is 1.74. The van der Waals surface area contributed by atoms with Gasteiger partial charge in [-0.05, 0) is 44.5 Å². The molecule has 0 amide bonds. The maximum atomic E-state index is 13.2. The number of benzene rings is 2. The lowest BCUT2D eigenvalue weighted by Crippen LogP contribution is -2.55. The summed E-state index contributed by atoms with van der Waals surface area (Å²) in [6, 6.07) is 10.8. The molecule has 30 heavy (non-hydrogen) atoms. The maximum Gasteiger partial charge on any atom is 0.313 e. The second-order valence-electron chi connectivity index (χ2n) is 7.49. The molecule has 0 radical (unpaired) electrons. The molecule has 0 spiro atoms. The maximum absolute atomic E-state index is 13.2. The summed E-state index contributed by atoms with van der Waals surface area (Å²) in [5, 5.41) is 11.4. The Kier molecular flexibility index (Phi) is 6.50. The van der Waals surface area contributed by atoms with Gasteiger partial charge < -0.3 is 9.64 Å². The summed E-state index contributed by atoms with van der Waals surface area (Å²) < 4.78 is 19.0. The molecule has 158 valence electrons. The summed E-state index contributed by atoms with van der Waals surface area (Å²) in [7, 11) is 0. The number of rotatable bonds is 6. The minimum atomic E-state index is -0.450. The second kappa shape index (κ2) is 9.07. The molecule has 1 aliphatic heterocycles. The van der Waals surface area contributed by atoms with Gasteiger partial charge in [0.2, 0.25) is 0 Å². The zero-order valence-electron chi connectivity index (χ0n) is 17.2. The van der Waals surface area contributed by atoms with Gasteiger partial charge in [0.05, 0.1) is 11.0 Å². The number of carbonyl (C=O) groups excluding carboxylic acids is 1. The molecule has 0 bridgehead atoms. The van der Waals surface area contributed by atoms with Crippen LogP contribution in [0.4, 0.5) is 10.1 Å². The molecule has 2 aromatic rings. The van der Waals surface area contributed by atoms with E-state index in [9.17, 15) is 19.3 Å². The first-order valence-electron chi connectivity index (χ1n) is 9.68. The Labute approximate surface area is 174 Å². The number of nitrogens with zero attached hydrogens (tertiary/aromatic N) is 3. The summed E-state index contributed by atoms with van der Waals surface area (Å²) >= 11 is 0. The molecule has 1 fully saturated rings. The first-order chi connectivity index (χ1) is 14.3. The topological polar surface area (TPSA) is 75.9 Å². The standard InChI is InChI=1S/C22H24FN3O4/c1-15-5-4-6-21(22(15)26(28)29)30-14-24-11-16(2)25(20(13-27)17(24)3)12-18-7-9-19(23)10-8-18/h4-10,16-17H,11-12,14H2,1-3H3/t16-,17+/m1/s1. The zero-order valence-corrected chi connectivity index (χ0v) is 17.2. The molecule has 3 rings (SSSR count). The van der Waals surface area contributed by atoms with Crippen LogP contribution >= 0.6 is 0 Å². The molecule has 7 nitrogen and oxygen atoms in total. The van der Waals surface area contributed by atoms with Gasteiger partial charge in [0, 0.05) is 24.7 Å². The number of hydrogen-bond acceptors (Lipinski definition) is 6. The molecule has 0 aliphatic carbocycles. The van der Waals surface area contributed by atoms with Crippen LogP contribution in [0.1, 0.15) is 25.0 Å². The highest BCUT2D eigenvalue weighted by Gasteiger charge is 2.34. The number of aryl methyl sites for hydroxylation is 1. The van der Waals surface area contributed by atoms with Crippen LogP contribution in [0.3, 0.4) is 0 Å². The fourth-order valence-corrected chi connectivity index (χ4v) is 3.72. The fourth-order valence-electron chi connectivity index (χ4n) is 3.72. The molecule has 0 unspecified atom stereocenters. The van der Waals surface area contributed by atoms with E-state index in [1.165, 1.54) is 12.1 Å². The molecule has 1 saturated heterocycles. The second-order valence-corrected chi connectivity index (χ2v) is 7.49. The lowest BCUT2D eigenvalue weighted by molar-refractivity contribution is -0.386. The highest BCUT2D eigenvalue weighted by atomic mass is 19.1. The monoisotopic (exact) mass is 413 g/mol. The number of nitro benzene ring substituents is 1. The molecular weight excluding hydrogens is 389 g/mol. The number of piperazine rings is 1. The van der Waals surface area contributed by atoms with Gasteiger partial charge in [-0.1, -0.05) is 24.3 Å². The van der Waals surface area contributed by atoms with E-state index in [2.05, 4.69) is 0 Å². The quantitative estimate of drug-likeness (QED) is 0.408. The Hall–Kier alpha value is -3.22. The van der Waals surface area contributed by atoms with E-state index < -0.39 is 4.92 Å². The van der Waals surface area contributed by atoms with E-state index in [1.54, 1.807) is 37.3 Å². The third-order valence-electron chi connectivity index (χ3n) is 5.42. The first-order valence-corrected chi connectivity index (χ1v) is 9.68. The van der Waals surface area contributed by atoms with Gasteiger partial charge in [-0.3, -0.25) is 15.0 Å². The predicted molar refractivity (Wildman–Crippen MR) is 110 cm³/mol. The van der Waals surface area contributed by atoms with Crippen LogP contribution in [0.5, 0.6) is 5.75 Å². The highest BCUT2D eigenvalue weighted by molar-refractivity contribution is 5.54. The molecule has 8 heteroatoms. The van der Waals surface area contributed by atoms with E-state index >= 15 is 0 Å². The average molecular weight is 413 g/mol. The summed E-state index contributed by atoms with van der Waals surface area (Å²) in [6.45, 7) is 6.68. The van der Waals surface area contributed by atoms with Crippen LogP contribution in [0.2, 0.25) is 0 Å². The lowest BCUT2D eigenvalue weighted by atomic mass is 10.0. The summed E-state index contributed by atoms with van der Waals surface area (Å²) in [4.78, 5) is 26.6. The SMILES string of the molecule is Cc1cccc(OCN2C[C@@H](C)N(Cc3ccc(F)cc3)C(=C=O)[C@@H]2C)c1[N+](=O)[O-]. The van der Waals surface area contributed by atoms with Gasteiger partial charge in [-0.25, -0.2) is 9.18 Å². The molecule has 2 atom stereocenters. The minimum absolute atomic E-state index is 0.0289. The average Bonchev–Trinajstić information content (AvgIpc) is 2.71. The van der Waals surface area contributed by atoms with Crippen molar-refractivity contribution < 1.29 is 18.8 Å². The summed E-state index contributed by atoms with van der Waals surface area (Å²) in [5.41, 5.74) is 1.83. The van der Waals surface area contributed by atoms with E-state index in [1.807, 2.05) is 29.6 Å². The van der Waals surface area contributed by atoms with Gasteiger partial charge in [0.15, 0.2) is 5.75 Å². The molecule has 0 saturated carbocycles. The molecule has 2 aromatic carbocycles. The third-order valence-corrected chi connectivity index (χ3v) is 5.42. The number of para-hydroxylation sites is 1. The Morgan fingerprint density at radius 3 is 2.57 bits per heavy atom. The van der Waals surface area contributed by atoms with E-state index in [0.29, 0.717) is 24.4 Å². The molecule has 1 aliphatic rings. The lowest BCUT2D eigenvalue weighted by Gasteiger charge is -2.45. The van der Waals surface area contributed by atoms with Crippen molar-refractivity contribution in [1.29, 1.82) is 0 Å². The van der Waals surface area contributed by atoms with Gasteiger partial charge >= 0.3 is 5.69 Å². The van der Waals surface area contributed by atoms with Crippen LogP contribution in [0.25, 0.3) is 0 Å². The van der Waals surface area contributed by atoms with Crippen molar-refractivity contribution in [1.82, 2.24) is 9.80 Å². The van der Waals surface area contributed by atoms with E-state index in [0.717, 1.165) is 5.56 Å². The Morgan fingerprint density at radius 1 is 1.23 bits per heavy atom. The zero-order chi connectivity index (χ0) is 21.8. The Bertz CT molecular complexity index is 973. The fraction of sp³-hybridized carbons (Fsp3) is 0.364. The van der Waals surface area contributed by atoms with Crippen molar-refractivity contribution in [2.24, 2.45) is 0 Å². The van der Waals surface area contributed by atoms with Gasteiger partial charge in [-0.15, -0.1) is 0 Å². The molecular formula is C22H24FN3O4. The van der Waals surface area contributed by atoms with Crippen molar-refractivity contribution in [2.75, 3.05) is 13.3 Å². The molecule has 0 aromatic heterocycles. The normalized spacial score (nSPS) is 19.5. The van der Waals surface area contributed by atoms with Crippen LogP contribution in [-0.2, 0) is 11.3 Å². The van der Waals surface area contributed by atoms with Crippen LogP contribution in [-0.4, -0.2) is 46.0 Å². The van der Waals surface area contributed by atoms with Crippen molar-refractivity contribution >= 4 is 11.6 Å². The third kappa shape index (κ3) is 4.50. The van der Waals surface area contributed by atoms with Gasteiger partial charge in [-0.2, -0.15) is 0 Å². The van der Waals surface area contributed by atoms with Crippen LogP contribution in [0.15, 0.2) is 48.2 Å². The van der Waals surface area contributed by atoms with Crippen molar-refractivity contribution in [3.63, 3.8) is 0 Å². The number of halogens is 1. The summed E-state index contributed by atoms with van der Waals surface area (Å²) in [6.07, 6.45) is 0. The molecule has 0 N–H and O–H groups in total. The van der Waals surface area contributed by atoms with E-state index in [4.69, 9.17) is 4.74 Å². The number of hydrogen-bond donors (Lipinski definition) is 0. The van der Waals surface area contributed by atoms with Crippen LogP contribution < -0.4 is 4.74 Å². The van der Waals surface area contributed by atoms with Gasteiger partial charge in [0.25, 0.3) is 0 Å². The van der Waals surface area contributed by atoms with Gasteiger partial charge in [0.1, 0.15) is 24.2 Å². The van der Waals surface area contributed by atoms with Crippen LogP contribution in [0, 0.1) is 22.9 Å². The minimum Gasteiger partial charge on any atom is -0.471 e. The van der Waals surface area contributed by atoms with Crippen molar-refractivity contribution in [3.8, 4) is 5.75 Å². The number of ether oxygens (including phenoxy) is 1. The predicted octanol–water partition coefficient (Wildman–Crippen LogP) is 3.69. The summed E-state index contributed by atoms with van der Waals surface area (Å²) in [5.74, 6) is 1.94. The van der Waals surface area contributed by atoms with Crippen molar-refractivity contribution in [2.45, 2.75) is 39.4 Å². The largest absolute Gasteiger partial charge is 0.471 e.